The van der Waals surface area contributed by atoms with Gasteiger partial charge >= 0.3 is 0 Å². The first-order valence-electron chi connectivity index (χ1n) is 5.04. The summed E-state index contributed by atoms with van der Waals surface area (Å²) in [7, 11) is 1.61. The molecule has 0 amide bonds. The molecule has 1 rings (SSSR count). The van der Waals surface area contributed by atoms with Gasteiger partial charge in [-0.15, -0.1) is 0 Å². The Morgan fingerprint density at radius 1 is 1.31 bits per heavy atom. The van der Waals surface area contributed by atoms with Gasteiger partial charge in [0.25, 0.3) is 0 Å². The van der Waals surface area contributed by atoms with Crippen LogP contribution in [0.1, 0.15) is 19.4 Å². The van der Waals surface area contributed by atoms with Crippen LogP contribution in [0.3, 0.4) is 0 Å². The van der Waals surface area contributed by atoms with Crippen molar-refractivity contribution < 1.29 is 9.84 Å². The van der Waals surface area contributed by atoms with Gasteiger partial charge in [-0.2, -0.15) is 0 Å². The number of aliphatic hydroxyl groups is 1. The molecule has 1 aromatic rings. The minimum Gasteiger partial charge on any atom is -0.390 e. The van der Waals surface area contributed by atoms with Gasteiger partial charge < -0.3 is 9.84 Å². The summed E-state index contributed by atoms with van der Waals surface area (Å²) < 4.78 is 7.26. The molecule has 0 saturated carbocycles. The van der Waals surface area contributed by atoms with Crippen LogP contribution in [0.15, 0.2) is 27.1 Å². The second-order valence-corrected chi connectivity index (χ2v) is 5.94. The molecule has 2 nitrogen and oxygen atoms in total. The van der Waals surface area contributed by atoms with Crippen molar-refractivity contribution in [3.05, 3.63) is 32.7 Å². The van der Waals surface area contributed by atoms with Gasteiger partial charge in [0.2, 0.25) is 0 Å². The van der Waals surface area contributed by atoms with Crippen LogP contribution in [0.4, 0.5) is 0 Å². The van der Waals surface area contributed by atoms with Gasteiger partial charge in [-0.1, -0.05) is 37.9 Å². The van der Waals surface area contributed by atoms with E-state index in [-0.39, 0.29) is 0 Å². The second-order valence-electron chi connectivity index (χ2n) is 4.23. The van der Waals surface area contributed by atoms with Gasteiger partial charge in [0.15, 0.2) is 0 Å². The Labute approximate surface area is 113 Å². The Morgan fingerprint density at radius 2 is 1.81 bits per heavy atom. The molecule has 0 radical (unpaired) electrons. The molecule has 16 heavy (non-hydrogen) atoms. The summed E-state index contributed by atoms with van der Waals surface area (Å²) in [6.45, 7) is 3.75. The number of halogens is 2. The van der Waals surface area contributed by atoms with E-state index in [4.69, 9.17) is 4.74 Å². The second kappa shape index (κ2) is 5.63. The van der Waals surface area contributed by atoms with Gasteiger partial charge in [0.1, 0.15) is 0 Å². The van der Waals surface area contributed by atoms with Crippen molar-refractivity contribution in [1.82, 2.24) is 0 Å². The van der Waals surface area contributed by atoms with Crippen molar-refractivity contribution in [3.8, 4) is 0 Å². The fourth-order valence-electron chi connectivity index (χ4n) is 1.30. The lowest BCUT2D eigenvalue weighted by molar-refractivity contribution is -0.0766. The predicted molar refractivity (Wildman–Crippen MR) is 72.6 cm³/mol. The minimum atomic E-state index is -0.549. The summed E-state index contributed by atoms with van der Waals surface area (Å²) in [4.78, 5) is 0. The van der Waals surface area contributed by atoms with Crippen molar-refractivity contribution >= 4 is 31.9 Å². The fraction of sp³-hybridized carbons (Fsp3) is 0.500. The van der Waals surface area contributed by atoms with E-state index in [2.05, 4.69) is 31.9 Å². The lowest BCUT2D eigenvalue weighted by atomic mass is 9.95. The Kier molecular flexibility index (Phi) is 4.98. The molecule has 0 bridgehead atoms. The number of rotatable bonds is 4. The zero-order valence-corrected chi connectivity index (χ0v) is 12.8. The van der Waals surface area contributed by atoms with E-state index < -0.39 is 11.7 Å². The molecule has 0 aliphatic heterocycles. The zero-order valence-electron chi connectivity index (χ0n) is 9.63. The number of benzene rings is 1. The molecule has 0 spiro atoms. The molecule has 1 aromatic carbocycles. The third-order valence-corrected chi connectivity index (χ3v) is 4.27. The average Bonchev–Trinajstić information content (AvgIpc) is 2.23. The van der Waals surface area contributed by atoms with Crippen molar-refractivity contribution in [1.29, 1.82) is 0 Å². The van der Waals surface area contributed by atoms with Crippen molar-refractivity contribution in [2.75, 3.05) is 7.11 Å². The smallest absolute Gasteiger partial charge is 0.0883 e. The first-order valence-corrected chi connectivity index (χ1v) is 6.63. The minimum absolute atomic E-state index is 0.544. The van der Waals surface area contributed by atoms with Crippen molar-refractivity contribution in [3.63, 3.8) is 0 Å². The number of methoxy groups -OCH3 is 1. The van der Waals surface area contributed by atoms with Crippen molar-refractivity contribution in [2.45, 2.75) is 32.0 Å². The number of hydrogen-bond donors (Lipinski definition) is 1. The summed E-state index contributed by atoms with van der Waals surface area (Å²) in [6, 6.07) is 5.88. The molecule has 0 fully saturated rings. The molecule has 1 atom stereocenters. The van der Waals surface area contributed by atoms with E-state index in [1.54, 1.807) is 7.11 Å². The monoisotopic (exact) mass is 350 g/mol. The van der Waals surface area contributed by atoms with Crippen LogP contribution in [0.25, 0.3) is 0 Å². The molecule has 0 heterocycles. The third-order valence-electron chi connectivity index (χ3n) is 2.79. The quantitative estimate of drug-likeness (QED) is 0.898. The highest BCUT2D eigenvalue weighted by Crippen LogP contribution is 2.28. The highest BCUT2D eigenvalue weighted by Gasteiger charge is 2.28. The third kappa shape index (κ3) is 3.29. The largest absolute Gasteiger partial charge is 0.390 e. The van der Waals surface area contributed by atoms with E-state index in [0.29, 0.717) is 6.42 Å². The summed E-state index contributed by atoms with van der Waals surface area (Å²) >= 11 is 6.96. The van der Waals surface area contributed by atoms with Crippen LogP contribution in [-0.2, 0) is 11.2 Å². The van der Waals surface area contributed by atoms with Crippen LogP contribution in [-0.4, -0.2) is 23.9 Å². The predicted octanol–water partition coefficient (Wildman–Crippen LogP) is 3.54. The molecule has 4 heteroatoms. The summed E-state index contributed by atoms with van der Waals surface area (Å²) in [5.74, 6) is 0. The molecule has 1 N–H and O–H groups in total. The van der Waals surface area contributed by atoms with Gasteiger partial charge in [-0.05, 0) is 31.5 Å². The Hall–Kier alpha value is 0.1000. The van der Waals surface area contributed by atoms with E-state index >= 15 is 0 Å². The molecule has 90 valence electrons. The first-order chi connectivity index (χ1) is 7.38. The van der Waals surface area contributed by atoms with E-state index in [1.165, 1.54) is 0 Å². The molecule has 0 aromatic heterocycles. The normalized spacial score (nSPS) is 13.9. The Balaban J connectivity index is 2.89. The maximum atomic E-state index is 10.1. The summed E-state index contributed by atoms with van der Waals surface area (Å²) in [5, 5.41) is 10.1. The number of hydrogen-bond acceptors (Lipinski definition) is 2. The molecule has 0 aliphatic carbocycles. The van der Waals surface area contributed by atoms with Gasteiger partial charge in [-0.25, -0.2) is 0 Å². The van der Waals surface area contributed by atoms with Gasteiger partial charge in [0.05, 0.1) is 11.7 Å². The average molecular weight is 352 g/mol. The van der Waals surface area contributed by atoms with E-state index in [0.717, 1.165) is 14.5 Å². The molecule has 1 unspecified atom stereocenters. The SMILES string of the molecule is COC(C)(C)C(O)Cc1c(Br)cccc1Br. The Bertz CT molecular complexity index is 344. The standard InChI is InChI=1S/C12H16Br2O2/c1-12(2,16-3)11(15)7-8-9(13)5-4-6-10(8)14/h4-6,11,15H,7H2,1-3H3. The van der Waals surface area contributed by atoms with Crippen LogP contribution in [0.5, 0.6) is 0 Å². The summed E-state index contributed by atoms with van der Waals surface area (Å²) in [6.07, 6.45) is -0.00412. The van der Waals surface area contributed by atoms with Crippen LogP contribution in [0, 0.1) is 0 Å². The van der Waals surface area contributed by atoms with Crippen LogP contribution < -0.4 is 0 Å². The lowest BCUT2D eigenvalue weighted by Crippen LogP contribution is -2.39. The highest BCUT2D eigenvalue weighted by atomic mass is 79.9. The van der Waals surface area contributed by atoms with Gasteiger partial charge in [-0.3, -0.25) is 0 Å². The van der Waals surface area contributed by atoms with E-state index in [1.807, 2.05) is 32.0 Å². The Morgan fingerprint density at radius 3 is 2.25 bits per heavy atom. The maximum Gasteiger partial charge on any atom is 0.0883 e. The number of aliphatic hydroxyl groups excluding tert-OH is 1. The molecular weight excluding hydrogens is 336 g/mol. The maximum absolute atomic E-state index is 10.1. The van der Waals surface area contributed by atoms with Crippen molar-refractivity contribution in [2.24, 2.45) is 0 Å². The zero-order chi connectivity index (χ0) is 12.3. The van der Waals surface area contributed by atoms with Crippen LogP contribution in [0.2, 0.25) is 0 Å². The molecule has 0 saturated heterocycles. The topological polar surface area (TPSA) is 29.5 Å². The highest BCUT2D eigenvalue weighted by molar-refractivity contribution is 9.11. The summed E-state index contributed by atoms with van der Waals surface area (Å²) in [5.41, 5.74) is 0.509. The first kappa shape index (κ1) is 14.2. The fourth-order valence-corrected chi connectivity index (χ4v) is 2.62. The van der Waals surface area contributed by atoms with Gasteiger partial charge in [0, 0.05) is 22.5 Å². The van der Waals surface area contributed by atoms with E-state index in [9.17, 15) is 5.11 Å². The van der Waals surface area contributed by atoms with Crippen LogP contribution >= 0.6 is 31.9 Å². The molecular formula is C12H16Br2O2. The number of ether oxygens (including phenoxy) is 1. The lowest BCUT2D eigenvalue weighted by Gasteiger charge is -2.29. The molecule has 0 aliphatic rings.